The van der Waals surface area contributed by atoms with Crippen LogP contribution in [0, 0.1) is 10.1 Å². The number of nitrogens with zero attached hydrogens (tertiary/aromatic N) is 2. The fourth-order valence-corrected chi connectivity index (χ4v) is 2.92. The van der Waals surface area contributed by atoms with Gasteiger partial charge in [-0.15, -0.1) is 0 Å². The number of rotatable bonds is 9. The zero-order valence-electron chi connectivity index (χ0n) is 14.2. The molecule has 134 valence electrons. The van der Waals surface area contributed by atoms with Crippen molar-refractivity contribution in [2.24, 2.45) is 0 Å². The summed E-state index contributed by atoms with van der Waals surface area (Å²) >= 11 is 1.65. The van der Waals surface area contributed by atoms with Gasteiger partial charge in [-0.05, 0) is 32.3 Å². The average Bonchev–Trinajstić information content (AvgIpc) is 3.01. The molecule has 8 heteroatoms. The van der Waals surface area contributed by atoms with Crippen LogP contribution in [-0.2, 0) is 12.3 Å². The van der Waals surface area contributed by atoms with E-state index in [2.05, 4.69) is 5.32 Å². The summed E-state index contributed by atoms with van der Waals surface area (Å²) in [6.07, 6.45) is 0. The molecule has 1 heterocycles. The predicted molar refractivity (Wildman–Crippen MR) is 97.7 cm³/mol. The van der Waals surface area contributed by atoms with E-state index in [4.69, 9.17) is 4.42 Å². The van der Waals surface area contributed by atoms with E-state index >= 15 is 0 Å². The minimum absolute atomic E-state index is 0.0895. The van der Waals surface area contributed by atoms with Crippen LogP contribution in [0.4, 0.5) is 5.69 Å². The normalized spacial score (nSPS) is 10.8. The van der Waals surface area contributed by atoms with E-state index in [0.29, 0.717) is 12.1 Å². The molecule has 1 amide bonds. The van der Waals surface area contributed by atoms with Gasteiger partial charge in [-0.3, -0.25) is 14.9 Å². The standard InChI is InChI=1S/C17H21N3O4S/c1-19(2)11-15-6-7-16(24-15)12-25-9-8-18-17(21)13-4-3-5-14(10-13)20(22)23/h3-7,10H,8-9,11-12H2,1-2H3,(H,18,21). The number of thioether (sulfide) groups is 1. The summed E-state index contributed by atoms with van der Waals surface area (Å²) in [6, 6.07) is 9.64. The Morgan fingerprint density at radius 2 is 2.04 bits per heavy atom. The van der Waals surface area contributed by atoms with Crippen molar-refractivity contribution >= 4 is 23.4 Å². The molecule has 0 saturated carbocycles. The largest absolute Gasteiger partial charge is 0.464 e. The Bertz CT molecular complexity index is 730. The van der Waals surface area contributed by atoms with E-state index in [1.165, 1.54) is 18.2 Å². The Labute approximate surface area is 150 Å². The molecule has 0 aliphatic rings. The van der Waals surface area contributed by atoms with E-state index in [9.17, 15) is 14.9 Å². The molecule has 0 unspecified atom stereocenters. The number of non-ortho nitro benzene ring substituents is 1. The topological polar surface area (TPSA) is 88.6 Å². The Morgan fingerprint density at radius 1 is 1.28 bits per heavy atom. The number of amides is 1. The van der Waals surface area contributed by atoms with Gasteiger partial charge >= 0.3 is 0 Å². The van der Waals surface area contributed by atoms with E-state index < -0.39 is 4.92 Å². The monoisotopic (exact) mass is 363 g/mol. The predicted octanol–water partition coefficient (Wildman–Crippen LogP) is 2.91. The second-order valence-electron chi connectivity index (χ2n) is 5.72. The van der Waals surface area contributed by atoms with Crippen LogP contribution in [0.1, 0.15) is 21.9 Å². The van der Waals surface area contributed by atoms with Crippen molar-refractivity contribution < 1.29 is 14.1 Å². The molecule has 1 aromatic heterocycles. The smallest absolute Gasteiger partial charge is 0.270 e. The number of nitro benzene ring substituents is 1. The van der Waals surface area contributed by atoms with Crippen LogP contribution in [0.15, 0.2) is 40.8 Å². The highest BCUT2D eigenvalue weighted by molar-refractivity contribution is 7.98. The summed E-state index contributed by atoms with van der Waals surface area (Å²) in [6.45, 7) is 1.25. The van der Waals surface area contributed by atoms with Crippen LogP contribution < -0.4 is 5.32 Å². The lowest BCUT2D eigenvalue weighted by molar-refractivity contribution is -0.384. The zero-order valence-corrected chi connectivity index (χ0v) is 15.0. The SMILES string of the molecule is CN(C)Cc1ccc(CSCCNC(=O)c2cccc([N+](=O)[O-])c2)o1. The van der Waals surface area contributed by atoms with E-state index in [0.717, 1.165) is 29.6 Å². The van der Waals surface area contributed by atoms with Crippen molar-refractivity contribution in [1.82, 2.24) is 10.2 Å². The minimum Gasteiger partial charge on any atom is -0.464 e. The first-order valence-corrected chi connectivity index (χ1v) is 8.94. The summed E-state index contributed by atoms with van der Waals surface area (Å²) in [7, 11) is 3.97. The summed E-state index contributed by atoms with van der Waals surface area (Å²) in [4.78, 5) is 24.2. The molecule has 1 N–H and O–H groups in total. The first kappa shape index (κ1) is 19.0. The average molecular weight is 363 g/mol. The van der Waals surface area contributed by atoms with Crippen molar-refractivity contribution in [2.45, 2.75) is 12.3 Å². The lowest BCUT2D eigenvalue weighted by Crippen LogP contribution is -2.25. The molecule has 25 heavy (non-hydrogen) atoms. The summed E-state index contributed by atoms with van der Waals surface area (Å²) in [5, 5.41) is 13.5. The Morgan fingerprint density at radius 3 is 2.76 bits per heavy atom. The third-order valence-corrected chi connectivity index (χ3v) is 4.27. The molecular formula is C17H21N3O4S. The molecule has 2 rings (SSSR count). The summed E-state index contributed by atoms with van der Waals surface area (Å²) in [5.41, 5.74) is 0.201. The lowest BCUT2D eigenvalue weighted by Gasteiger charge is -2.06. The second-order valence-corrected chi connectivity index (χ2v) is 6.83. The molecule has 0 radical (unpaired) electrons. The minimum atomic E-state index is -0.513. The number of carbonyl (C=O) groups is 1. The number of hydrogen-bond donors (Lipinski definition) is 1. The van der Waals surface area contributed by atoms with Crippen LogP contribution in [0.25, 0.3) is 0 Å². The summed E-state index contributed by atoms with van der Waals surface area (Å²) < 4.78 is 5.71. The molecule has 0 atom stereocenters. The van der Waals surface area contributed by atoms with Gasteiger partial charge < -0.3 is 14.6 Å². The van der Waals surface area contributed by atoms with Gasteiger partial charge in [0, 0.05) is 30.0 Å². The van der Waals surface area contributed by atoms with Crippen molar-refractivity contribution in [2.75, 3.05) is 26.4 Å². The van der Waals surface area contributed by atoms with Gasteiger partial charge in [0.1, 0.15) is 11.5 Å². The zero-order chi connectivity index (χ0) is 18.2. The molecule has 0 saturated heterocycles. The van der Waals surface area contributed by atoms with Gasteiger partial charge in [0.2, 0.25) is 0 Å². The number of nitrogens with one attached hydrogen (secondary N) is 1. The van der Waals surface area contributed by atoms with Crippen LogP contribution >= 0.6 is 11.8 Å². The van der Waals surface area contributed by atoms with Crippen LogP contribution in [-0.4, -0.2) is 42.1 Å². The van der Waals surface area contributed by atoms with Gasteiger partial charge in [0.05, 0.1) is 17.2 Å². The van der Waals surface area contributed by atoms with E-state index in [1.807, 2.05) is 31.1 Å². The van der Waals surface area contributed by atoms with Gasteiger partial charge in [0.15, 0.2) is 0 Å². The highest BCUT2D eigenvalue weighted by Crippen LogP contribution is 2.16. The number of carbonyl (C=O) groups excluding carboxylic acids is 1. The van der Waals surface area contributed by atoms with E-state index in [-0.39, 0.29) is 11.6 Å². The Balaban J connectivity index is 1.70. The third kappa shape index (κ3) is 6.24. The molecule has 7 nitrogen and oxygen atoms in total. The number of hydrogen-bond acceptors (Lipinski definition) is 6. The first-order chi connectivity index (χ1) is 12.0. The van der Waals surface area contributed by atoms with Crippen LogP contribution in [0.3, 0.4) is 0 Å². The molecule has 0 fully saturated rings. The highest BCUT2D eigenvalue weighted by atomic mass is 32.2. The number of nitro groups is 1. The molecule has 0 aliphatic carbocycles. The lowest BCUT2D eigenvalue weighted by atomic mass is 10.2. The van der Waals surface area contributed by atoms with Crippen molar-refractivity contribution in [3.05, 3.63) is 63.6 Å². The first-order valence-electron chi connectivity index (χ1n) is 7.78. The van der Waals surface area contributed by atoms with E-state index in [1.54, 1.807) is 17.8 Å². The van der Waals surface area contributed by atoms with Crippen molar-refractivity contribution in [1.29, 1.82) is 0 Å². The maximum absolute atomic E-state index is 12.0. The molecule has 0 aliphatic heterocycles. The van der Waals surface area contributed by atoms with Crippen LogP contribution in [0.5, 0.6) is 0 Å². The van der Waals surface area contributed by atoms with Crippen molar-refractivity contribution in [3.63, 3.8) is 0 Å². The molecule has 2 aromatic rings. The molecule has 1 aromatic carbocycles. The molecule has 0 bridgehead atoms. The fraction of sp³-hybridized carbons (Fsp3) is 0.353. The van der Waals surface area contributed by atoms with Crippen LogP contribution in [0.2, 0.25) is 0 Å². The second kappa shape index (κ2) is 9.24. The number of benzene rings is 1. The molecular weight excluding hydrogens is 342 g/mol. The van der Waals surface area contributed by atoms with Gasteiger partial charge in [-0.2, -0.15) is 11.8 Å². The van der Waals surface area contributed by atoms with Gasteiger partial charge in [-0.25, -0.2) is 0 Å². The maximum Gasteiger partial charge on any atom is 0.270 e. The fourth-order valence-electron chi connectivity index (χ4n) is 2.17. The quantitative estimate of drug-likeness (QED) is 0.419. The highest BCUT2D eigenvalue weighted by Gasteiger charge is 2.11. The number of furan rings is 1. The molecule has 0 spiro atoms. The van der Waals surface area contributed by atoms with Crippen molar-refractivity contribution in [3.8, 4) is 0 Å². The van der Waals surface area contributed by atoms with Gasteiger partial charge in [0.25, 0.3) is 11.6 Å². The third-order valence-electron chi connectivity index (χ3n) is 3.28. The Hall–Kier alpha value is -2.32. The maximum atomic E-state index is 12.0. The van der Waals surface area contributed by atoms with Gasteiger partial charge in [-0.1, -0.05) is 6.07 Å². The Kier molecular flexibility index (Phi) is 7.03. The summed E-state index contributed by atoms with van der Waals surface area (Å²) in [5.74, 6) is 2.99.